The summed E-state index contributed by atoms with van der Waals surface area (Å²) in [4.78, 5) is 15.2. The van der Waals surface area contributed by atoms with Crippen molar-refractivity contribution in [2.45, 2.75) is 63.8 Å². The molecule has 2 spiro atoms. The highest BCUT2D eigenvalue weighted by molar-refractivity contribution is 5.75. The van der Waals surface area contributed by atoms with Crippen molar-refractivity contribution in [1.29, 1.82) is 0 Å². The number of methoxy groups -OCH3 is 1. The Balaban J connectivity index is 1.66. The first kappa shape index (κ1) is 20.0. The molecule has 2 heterocycles. The van der Waals surface area contributed by atoms with Crippen molar-refractivity contribution in [1.82, 2.24) is 4.90 Å². The van der Waals surface area contributed by atoms with E-state index < -0.39 is 11.9 Å². The van der Waals surface area contributed by atoms with Crippen LogP contribution in [0, 0.1) is 28.6 Å². The Morgan fingerprint density at radius 3 is 2.83 bits per heavy atom. The number of rotatable bonds is 2. The Kier molecular flexibility index (Phi) is 4.49. The molecule has 3 fully saturated rings. The van der Waals surface area contributed by atoms with Crippen molar-refractivity contribution < 1.29 is 24.5 Å². The van der Waals surface area contributed by atoms with E-state index in [9.17, 15) is 15.0 Å². The van der Waals surface area contributed by atoms with E-state index in [4.69, 9.17) is 9.47 Å². The van der Waals surface area contributed by atoms with E-state index in [0.29, 0.717) is 31.8 Å². The first-order valence-electron chi connectivity index (χ1n) is 11.3. The number of aliphatic hydroxyl groups excluding tert-OH is 1. The van der Waals surface area contributed by atoms with E-state index in [1.54, 1.807) is 0 Å². The van der Waals surface area contributed by atoms with Crippen LogP contribution < -0.4 is 0 Å². The number of esters is 1. The molecule has 6 heteroatoms. The Bertz CT molecular complexity index is 740. The molecule has 0 aromatic rings. The number of piperidine rings is 1. The molecule has 7 atom stereocenters. The van der Waals surface area contributed by atoms with Gasteiger partial charge in [-0.1, -0.05) is 12.5 Å². The van der Waals surface area contributed by atoms with Crippen LogP contribution in [0.1, 0.15) is 51.9 Å². The molecule has 2 bridgehead atoms. The van der Waals surface area contributed by atoms with Gasteiger partial charge >= 0.3 is 5.97 Å². The van der Waals surface area contributed by atoms with E-state index in [2.05, 4.69) is 11.9 Å². The van der Waals surface area contributed by atoms with Gasteiger partial charge in [-0.2, -0.15) is 0 Å². The zero-order chi connectivity index (χ0) is 20.6. The van der Waals surface area contributed by atoms with Gasteiger partial charge in [0, 0.05) is 30.3 Å². The Morgan fingerprint density at radius 2 is 2.17 bits per heavy atom. The topological polar surface area (TPSA) is 79.2 Å². The van der Waals surface area contributed by atoms with Crippen LogP contribution in [0.15, 0.2) is 11.1 Å². The van der Waals surface area contributed by atoms with Gasteiger partial charge in [-0.3, -0.25) is 4.79 Å². The lowest BCUT2D eigenvalue weighted by Crippen LogP contribution is -2.64. The molecule has 2 saturated heterocycles. The quantitative estimate of drug-likeness (QED) is 0.541. The second-order valence-electron chi connectivity index (χ2n) is 10.4. The van der Waals surface area contributed by atoms with Gasteiger partial charge in [0.2, 0.25) is 0 Å². The second-order valence-corrected chi connectivity index (χ2v) is 10.4. The molecule has 1 saturated carbocycles. The largest absolute Gasteiger partial charge is 0.469 e. The molecule has 0 amide bonds. The summed E-state index contributed by atoms with van der Waals surface area (Å²) >= 11 is 0. The predicted octanol–water partition coefficient (Wildman–Crippen LogP) is 2.09. The molecule has 162 valence electrons. The summed E-state index contributed by atoms with van der Waals surface area (Å²) < 4.78 is 11.4. The van der Waals surface area contributed by atoms with E-state index >= 15 is 0 Å². The number of aliphatic hydroxyl groups is 2. The fraction of sp³-hybridized carbons (Fsp3) is 0.870. The molecular weight excluding hydrogens is 370 g/mol. The summed E-state index contributed by atoms with van der Waals surface area (Å²) in [6.45, 7) is 4.43. The van der Waals surface area contributed by atoms with Crippen LogP contribution >= 0.6 is 0 Å². The maximum Gasteiger partial charge on any atom is 0.309 e. The van der Waals surface area contributed by atoms with Gasteiger partial charge in [0.1, 0.15) is 0 Å². The summed E-state index contributed by atoms with van der Waals surface area (Å²) in [5, 5.41) is 21.7. The molecule has 29 heavy (non-hydrogen) atoms. The molecule has 0 aromatic carbocycles. The van der Waals surface area contributed by atoms with Gasteiger partial charge in [0.25, 0.3) is 0 Å². The number of carbonyl (C=O) groups excluding carboxylic acids is 1. The standard InChI is InChI=1S/C23H35NO5/c1-4-23(27)8-7-21(13-29-23)14-5-6-15-18(25)9-16-17(20(26)28-3)10-22(21,19(15)16)12-24(2)11-14/h14,16-18,25,27H,4-13H2,1-3H3/t14-,16-,17-,18+,21+,22-,23+/m1/s1. The van der Waals surface area contributed by atoms with Crippen LogP contribution in [0.3, 0.4) is 0 Å². The van der Waals surface area contributed by atoms with Gasteiger partial charge in [0.05, 0.1) is 25.7 Å². The van der Waals surface area contributed by atoms with Crippen molar-refractivity contribution in [2.75, 3.05) is 33.9 Å². The molecule has 3 aliphatic carbocycles. The van der Waals surface area contributed by atoms with E-state index in [-0.39, 0.29) is 28.6 Å². The average Bonchev–Trinajstić information content (AvgIpc) is 3.18. The SMILES string of the molecule is CC[C@@]1(O)CC[C@]2(CO1)[C@@H]1CCC3=C4[C@H](C[C@@H]3O)[C@H](C(=O)OC)C[C@@]42CN(C)C1. The summed E-state index contributed by atoms with van der Waals surface area (Å²) in [5.74, 6) is -0.823. The molecule has 2 N–H and O–H groups in total. The Hall–Kier alpha value is -0.950. The second kappa shape index (κ2) is 6.52. The van der Waals surface area contributed by atoms with Gasteiger partial charge in [-0.25, -0.2) is 0 Å². The summed E-state index contributed by atoms with van der Waals surface area (Å²) in [6, 6.07) is 0. The zero-order valence-corrected chi connectivity index (χ0v) is 17.9. The minimum absolute atomic E-state index is 0.0803. The maximum absolute atomic E-state index is 12.8. The molecular formula is C23H35NO5. The van der Waals surface area contributed by atoms with Crippen LogP contribution in [0.25, 0.3) is 0 Å². The smallest absolute Gasteiger partial charge is 0.309 e. The van der Waals surface area contributed by atoms with E-state index in [1.165, 1.54) is 18.3 Å². The van der Waals surface area contributed by atoms with E-state index in [0.717, 1.165) is 38.8 Å². The third-order valence-electron chi connectivity index (χ3n) is 9.35. The third-order valence-corrected chi connectivity index (χ3v) is 9.35. The summed E-state index contributed by atoms with van der Waals surface area (Å²) in [6.07, 6.45) is 5.12. The average molecular weight is 406 g/mol. The molecule has 5 aliphatic rings. The molecule has 0 aromatic heterocycles. The van der Waals surface area contributed by atoms with Crippen molar-refractivity contribution in [3.63, 3.8) is 0 Å². The van der Waals surface area contributed by atoms with Crippen LogP contribution in [0.2, 0.25) is 0 Å². The van der Waals surface area contributed by atoms with Crippen LogP contribution in [0.4, 0.5) is 0 Å². The molecule has 2 aliphatic heterocycles. The molecule has 0 radical (unpaired) electrons. The van der Waals surface area contributed by atoms with Crippen LogP contribution in [0.5, 0.6) is 0 Å². The highest BCUT2D eigenvalue weighted by Crippen LogP contribution is 2.71. The number of nitrogens with zero attached hydrogens (tertiary/aromatic N) is 1. The minimum Gasteiger partial charge on any atom is -0.469 e. The molecule has 6 nitrogen and oxygen atoms in total. The Labute approximate surface area is 173 Å². The van der Waals surface area contributed by atoms with Crippen molar-refractivity contribution in [2.24, 2.45) is 28.6 Å². The van der Waals surface area contributed by atoms with Crippen molar-refractivity contribution in [3.8, 4) is 0 Å². The monoisotopic (exact) mass is 405 g/mol. The summed E-state index contributed by atoms with van der Waals surface area (Å²) in [7, 11) is 3.66. The molecule has 0 unspecified atom stereocenters. The van der Waals surface area contributed by atoms with Gasteiger partial charge < -0.3 is 24.6 Å². The lowest BCUT2D eigenvalue weighted by atomic mass is 9.50. The van der Waals surface area contributed by atoms with Crippen LogP contribution in [-0.4, -0.2) is 66.8 Å². The zero-order valence-electron chi connectivity index (χ0n) is 17.9. The molecule has 5 rings (SSSR count). The highest BCUT2D eigenvalue weighted by Gasteiger charge is 2.70. The number of hydrogen-bond donors (Lipinski definition) is 2. The van der Waals surface area contributed by atoms with Gasteiger partial charge in [-0.05, 0) is 63.0 Å². The first-order chi connectivity index (χ1) is 13.8. The Morgan fingerprint density at radius 1 is 1.38 bits per heavy atom. The lowest BCUT2D eigenvalue weighted by molar-refractivity contribution is -0.284. The first-order valence-corrected chi connectivity index (χ1v) is 11.3. The third kappa shape index (κ3) is 2.52. The number of carbonyl (C=O) groups is 1. The van der Waals surface area contributed by atoms with Gasteiger partial charge in [0.15, 0.2) is 5.79 Å². The highest BCUT2D eigenvalue weighted by atomic mass is 16.6. The van der Waals surface area contributed by atoms with Crippen molar-refractivity contribution in [3.05, 3.63) is 11.1 Å². The fourth-order valence-electron chi connectivity index (χ4n) is 8.02. The summed E-state index contributed by atoms with van der Waals surface area (Å²) in [5.41, 5.74) is 2.31. The van der Waals surface area contributed by atoms with Crippen molar-refractivity contribution >= 4 is 5.97 Å². The number of ether oxygens (including phenoxy) is 2. The van der Waals surface area contributed by atoms with Gasteiger partial charge in [-0.15, -0.1) is 0 Å². The number of likely N-dealkylation sites (tertiary alicyclic amines) is 1. The fourth-order valence-corrected chi connectivity index (χ4v) is 8.02. The van der Waals surface area contributed by atoms with Crippen LogP contribution in [-0.2, 0) is 14.3 Å². The van der Waals surface area contributed by atoms with E-state index in [1.807, 2.05) is 6.92 Å². The predicted molar refractivity (Wildman–Crippen MR) is 107 cm³/mol. The minimum atomic E-state index is -1.03. The number of hydrogen-bond acceptors (Lipinski definition) is 6. The lowest BCUT2D eigenvalue weighted by Gasteiger charge is -2.61. The maximum atomic E-state index is 12.8. The normalized spacial score (nSPS) is 49.3.